The van der Waals surface area contributed by atoms with E-state index in [0.717, 1.165) is 10.8 Å². The van der Waals surface area contributed by atoms with Crippen molar-refractivity contribution in [3.05, 3.63) is 42.0 Å². The molecule has 1 fully saturated rings. The quantitative estimate of drug-likeness (QED) is 0.870. The number of ether oxygens (including phenoxy) is 2. The monoisotopic (exact) mass is 315 g/mol. The number of fused-ring (bicyclic) bond motifs is 1. The number of aromatic hydroxyl groups is 1. The van der Waals surface area contributed by atoms with E-state index in [0.29, 0.717) is 26.3 Å². The zero-order valence-corrected chi connectivity index (χ0v) is 12.5. The molecule has 6 nitrogen and oxygen atoms in total. The molecule has 1 amide bonds. The van der Waals surface area contributed by atoms with Gasteiger partial charge in [0.05, 0.1) is 13.2 Å². The standard InChI is InChI=1S/C17H17NO5/c19-15-10-13-4-2-1-3-12(13)9-14(15)17(21)23-11-16(20)18-5-7-22-8-6-18/h1-4,9-10,19H,5-8,11H2. The van der Waals surface area contributed by atoms with Gasteiger partial charge in [-0.05, 0) is 22.9 Å². The van der Waals surface area contributed by atoms with Crippen LogP contribution in [0.5, 0.6) is 5.75 Å². The SMILES string of the molecule is O=C(OCC(=O)N1CCOCC1)c1cc2ccccc2cc1O. The number of esters is 1. The number of morpholine rings is 1. The van der Waals surface area contributed by atoms with Gasteiger partial charge in [0.25, 0.3) is 5.91 Å². The summed E-state index contributed by atoms with van der Waals surface area (Å²) in [6.45, 7) is 1.64. The number of phenols is 1. The second-order valence-electron chi connectivity index (χ2n) is 5.29. The Morgan fingerprint density at radius 1 is 1.13 bits per heavy atom. The number of rotatable bonds is 3. The maximum absolute atomic E-state index is 12.1. The Balaban J connectivity index is 1.68. The van der Waals surface area contributed by atoms with Gasteiger partial charge in [-0.3, -0.25) is 4.79 Å². The Morgan fingerprint density at radius 3 is 2.48 bits per heavy atom. The highest BCUT2D eigenvalue weighted by Crippen LogP contribution is 2.25. The Morgan fingerprint density at radius 2 is 1.78 bits per heavy atom. The number of carbonyl (C=O) groups is 2. The molecule has 6 heteroatoms. The first-order valence-electron chi connectivity index (χ1n) is 7.39. The van der Waals surface area contributed by atoms with E-state index >= 15 is 0 Å². The van der Waals surface area contributed by atoms with Gasteiger partial charge < -0.3 is 19.5 Å². The first-order chi connectivity index (χ1) is 11.1. The maximum atomic E-state index is 12.1. The molecule has 1 aliphatic heterocycles. The average molecular weight is 315 g/mol. The Hall–Kier alpha value is -2.60. The van der Waals surface area contributed by atoms with E-state index < -0.39 is 5.97 Å². The van der Waals surface area contributed by atoms with Gasteiger partial charge in [-0.15, -0.1) is 0 Å². The van der Waals surface area contributed by atoms with Gasteiger partial charge in [-0.1, -0.05) is 24.3 Å². The number of amides is 1. The molecule has 1 N–H and O–H groups in total. The van der Waals surface area contributed by atoms with Gasteiger partial charge >= 0.3 is 5.97 Å². The van der Waals surface area contributed by atoms with E-state index in [-0.39, 0.29) is 23.8 Å². The lowest BCUT2D eigenvalue weighted by Crippen LogP contribution is -2.42. The normalized spacial score (nSPS) is 14.7. The molecular weight excluding hydrogens is 298 g/mol. The third-order valence-corrected chi connectivity index (χ3v) is 3.77. The highest BCUT2D eigenvalue weighted by atomic mass is 16.5. The lowest BCUT2D eigenvalue weighted by Gasteiger charge is -2.26. The molecule has 120 valence electrons. The molecule has 0 bridgehead atoms. The number of hydrogen-bond acceptors (Lipinski definition) is 5. The summed E-state index contributed by atoms with van der Waals surface area (Å²) in [4.78, 5) is 25.7. The van der Waals surface area contributed by atoms with E-state index in [1.807, 2.05) is 24.3 Å². The second-order valence-corrected chi connectivity index (χ2v) is 5.29. The predicted octanol–water partition coefficient (Wildman–Crippen LogP) is 1.56. The first kappa shape index (κ1) is 15.3. The van der Waals surface area contributed by atoms with Gasteiger partial charge in [-0.25, -0.2) is 4.79 Å². The molecule has 1 heterocycles. The Bertz CT molecular complexity index is 737. The molecule has 23 heavy (non-hydrogen) atoms. The van der Waals surface area contributed by atoms with Crippen LogP contribution in [0.25, 0.3) is 10.8 Å². The van der Waals surface area contributed by atoms with Crippen LogP contribution in [-0.2, 0) is 14.3 Å². The topological polar surface area (TPSA) is 76.1 Å². The minimum absolute atomic E-state index is 0.0541. The Labute approximate surface area is 133 Å². The van der Waals surface area contributed by atoms with Gasteiger partial charge in [-0.2, -0.15) is 0 Å². The highest BCUT2D eigenvalue weighted by molar-refractivity contribution is 5.99. The largest absolute Gasteiger partial charge is 0.507 e. The molecule has 0 spiro atoms. The molecule has 0 radical (unpaired) electrons. The molecule has 2 aromatic rings. The first-order valence-corrected chi connectivity index (χ1v) is 7.39. The molecule has 2 aromatic carbocycles. The summed E-state index contributed by atoms with van der Waals surface area (Å²) >= 11 is 0. The van der Waals surface area contributed by atoms with Crippen LogP contribution in [-0.4, -0.2) is 54.8 Å². The summed E-state index contributed by atoms with van der Waals surface area (Å²) in [6.07, 6.45) is 0. The van der Waals surface area contributed by atoms with Crippen LogP contribution >= 0.6 is 0 Å². The third kappa shape index (κ3) is 3.43. The molecule has 0 aromatic heterocycles. The van der Waals surface area contributed by atoms with Gasteiger partial charge in [0.2, 0.25) is 0 Å². The summed E-state index contributed by atoms with van der Waals surface area (Å²) < 4.78 is 10.2. The summed E-state index contributed by atoms with van der Waals surface area (Å²) in [5.74, 6) is -1.13. The van der Waals surface area contributed by atoms with Gasteiger partial charge in [0.1, 0.15) is 11.3 Å². The number of benzene rings is 2. The fourth-order valence-electron chi connectivity index (χ4n) is 2.50. The van der Waals surface area contributed by atoms with Crippen molar-refractivity contribution in [3.8, 4) is 5.75 Å². The van der Waals surface area contributed by atoms with E-state index in [1.165, 1.54) is 6.07 Å². The number of nitrogens with zero attached hydrogens (tertiary/aromatic N) is 1. The van der Waals surface area contributed by atoms with Crippen molar-refractivity contribution in [1.29, 1.82) is 0 Å². The van der Waals surface area contributed by atoms with Crippen molar-refractivity contribution in [3.63, 3.8) is 0 Å². The molecule has 0 atom stereocenters. The van der Waals surface area contributed by atoms with Crippen LogP contribution in [0.1, 0.15) is 10.4 Å². The summed E-state index contributed by atoms with van der Waals surface area (Å²) in [5.41, 5.74) is 0.0541. The van der Waals surface area contributed by atoms with Crippen LogP contribution in [0.4, 0.5) is 0 Å². The molecular formula is C17H17NO5. The molecule has 0 aliphatic carbocycles. The van der Waals surface area contributed by atoms with E-state index in [4.69, 9.17) is 9.47 Å². The van der Waals surface area contributed by atoms with Crippen LogP contribution in [0.15, 0.2) is 36.4 Å². The minimum Gasteiger partial charge on any atom is -0.507 e. The number of hydrogen-bond donors (Lipinski definition) is 1. The van der Waals surface area contributed by atoms with E-state index in [1.54, 1.807) is 11.0 Å². The highest BCUT2D eigenvalue weighted by Gasteiger charge is 2.20. The molecule has 0 saturated carbocycles. The van der Waals surface area contributed by atoms with Crippen LogP contribution in [0.2, 0.25) is 0 Å². The van der Waals surface area contributed by atoms with Crippen molar-refractivity contribution in [2.24, 2.45) is 0 Å². The third-order valence-electron chi connectivity index (χ3n) is 3.77. The fourth-order valence-corrected chi connectivity index (χ4v) is 2.50. The lowest BCUT2D eigenvalue weighted by molar-refractivity contribution is -0.138. The molecule has 1 saturated heterocycles. The van der Waals surface area contributed by atoms with Crippen molar-refractivity contribution in [1.82, 2.24) is 4.90 Å². The van der Waals surface area contributed by atoms with Crippen LogP contribution in [0, 0.1) is 0 Å². The van der Waals surface area contributed by atoms with Crippen LogP contribution < -0.4 is 0 Å². The lowest BCUT2D eigenvalue weighted by atomic mass is 10.1. The van der Waals surface area contributed by atoms with E-state index in [2.05, 4.69) is 0 Å². The number of phenolic OH excluding ortho intramolecular Hbond substituents is 1. The molecule has 1 aliphatic rings. The minimum atomic E-state index is -0.713. The van der Waals surface area contributed by atoms with Crippen molar-refractivity contribution >= 4 is 22.6 Å². The fraction of sp³-hybridized carbons (Fsp3) is 0.294. The van der Waals surface area contributed by atoms with Crippen molar-refractivity contribution < 1.29 is 24.2 Å². The maximum Gasteiger partial charge on any atom is 0.342 e. The van der Waals surface area contributed by atoms with Crippen molar-refractivity contribution in [2.75, 3.05) is 32.9 Å². The number of carbonyl (C=O) groups excluding carboxylic acids is 2. The van der Waals surface area contributed by atoms with Gasteiger partial charge in [0.15, 0.2) is 6.61 Å². The van der Waals surface area contributed by atoms with Gasteiger partial charge in [0, 0.05) is 13.1 Å². The summed E-state index contributed by atoms with van der Waals surface area (Å²) in [6, 6.07) is 10.4. The zero-order valence-electron chi connectivity index (χ0n) is 12.5. The Kier molecular flexibility index (Phi) is 4.43. The second kappa shape index (κ2) is 6.66. The summed E-state index contributed by atoms with van der Waals surface area (Å²) in [7, 11) is 0. The smallest absolute Gasteiger partial charge is 0.342 e. The van der Waals surface area contributed by atoms with Crippen molar-refractivity contribution in [2.45, 2.75) is 0 Å². The molecule has 3 rings (SSSR count). The van der Waals surface area contributed by atoms with Crippen LogP contribution in [0.3, 0.4) is 0 Å². The molecule has 0 unspecified atom stereocenters. The van der Waals surface area contributed by atoms with E-state index in [9.17, 15) is 14.7 Å². The zero-order chi connectivity index (χ0) is 16.2. The predicted molar refractivity (Wildman–Crippen MR) is 83.3 cm³/mol. The summed E-state index contributed by atoms with van der Waals surface area (Å²) in [5, 5.41) is 11.6. The average Bonchev–Trinajstić information content (AvgIpc) is 2.59.